The van der Waals surface area contributed by atoms with Gasteiger partial charge in [0.05, 0.1) is 0 Å². The van der Waals surface area contributed by atoms with Crippen LogP contribution in [0.5, 0.6) is 0 Å². The van der Waals surface area contributed by atoms with Crippen LogP contribution in [0.4, 0.5) is 4.79 Å². The number of rotatable bonds is 6. The number of carbonyl (C=O) groups is 2. The van der Waals surface area contributed by atoms with Crippen molar-refractivity contribution < 1.29 is 19.4 Å². The fourth-order valence-corrected chi connectivity index (χ4v) is 4.51. The highest BCUT2D eigenvalue weighted by Crippen LogP contribution is 2.44. The highest BCUT2D eigenvalue weighted by Gasteiger charge is 2.32. The van der Waals surface area contributed by atoms with Gasteiger partial charge >= 0.3 is 12.1 Å². The molecule has 1 aliphatic carbocycles. The fourth-order valence-electron chi connectivity index (χ4n) is 4.12. The molecule has 0 bridgehead atoms. The van der Waals surface area contributed by atoms with Gasteiger partial charge in [0.25, 0.3) is 0 Å². The summed E-state index contributed by atoms with van der Waals surface area (Å²) in [6.07, 6.45) is -0.701. The molecule has 164 valence electrons. The molecule has 5 nitrogen and oxygen atoms in total. The van der Waals surface area contributed by atoms with Crippen molar-refractivity contribution >= 4 is 35.3 Å². The van der Waals surface area contributed by atoms with Gasteiger partial charge in [0.15, 0.2) is 0 Å². The van der Waals surface area contributed by atoms with Crippen molar-refractivity contribution in [1.29, 1.82) is 0 Å². The monoisotopic (exact) mass is 469 g/mol. The van der Waals surface area contributed by atoms with Crippen molar-refractivity contribution in [2.75, 3.05) is 13.7 Å². The van der Waals surface area contributed by atoms with Crippen LogP contribution >= 0.6 is 23.2 Å². The van der Waals surface area contributed by atoms with E-state index in [1.165, 1.54) is 7.05 Å². The topological polar surface area (TPSA) is 66.8 Å². The summed E-state index contributed by atoms with van der Waals surface area (Å²) in [6.45, 7) is 0.113. The van der Waals surface area contributed by atoms with Gasteiger partial charge in [-0.25, -0.2) is 9.59 Å². The number of likely N-dealkylation sites (N-methyl/N-ethyl adjacent to an activating group) is 1. The smallest absolute Gasteiger partial charge is 0.410 e. The van der Waals surface area contributed by atoms with Gasteiger partial charge in [-0.15, -0.1) is 0 Å². The summed E-state index contributed by atoms with van der Waals surface area (Å²) in [5, 5.41) is 10.6. The Labute approximate surface area is 196 Å². The Balaban J connectivity index is 1.49. The summed E-state index contributed by atoms with van der Waals surface area (Å²) in [5.41, 5.74) is 4.96. The minimum absolute atomic E-state index is 0.00935. The van der Waals surface area contributed by atoms with Crippen LogP contribution in [0.25, 0.3) is 11.1 Å². The molecule has 0 aliphatic heterocycles. The van der Waals surface area contributed by atoms with E-state index in [2.05, 4.69) is 12.1 Å². The second kappa shape index (κ2) is 9.23. The first kappa shape index (κ1) is 22.2. The second-order valence-electron chi connectivity index (χ2n) is 7.71. The zero-order chi connectivity index (χ0) is 22.8. The predicted molar refractivity (Wildman–Crippen MR) is 124 cm³/mol. The number of hydrogen-bond acceptors (Lipinski definition) is 3. The summed E-state index contributed by atoms with van der Waals surface area (Å²) >= 11 is 12.2. The molecule has 32 heavy (non-hydrogen) atoms. The Hall–Kier alpha value is -3.02. The van der Waals surface area contributed by atoms with Crippen molar-refractivity contribution in [2.45, 2.75) is 18.4 Å². The lowest BCUT2D eigenvalue weighted by Crippen LogP contribution is -2.44. The van der Waals surface area contributed by atoms with E-state index in [1.807, 2.05) is 36.4 Å². The maximum atomic E-state index is 12.8. The van der Waals surface area contributed by atoms with E-state index in [0.29, 0.717) is 15.6 Å². The van der Waals surface area contributed by atoms with Gasteiger partial charge in [-0.2, -0.15) is 0 Å². The standard InChI is InChI=1S/C25H21Cl2NO4/c1-28(23(24(29)30)13-15-12-16(26)10-11-22(15)27)25(31)32-14-21-19-8-4-2-6-17(19)18-7-3-5-9-20(18)21/h2-12,21,23H,13-14H2,1H3,(H,29,30)/t23-/m0/s1. The third-order valence-electron chi connectivity index (χ3n) is 5.80. The molecule has 3 aromatic rings. The Morgan fingerprint density at radius 2 is 1.59 bits per heavy atom. The fraction of sp³-hybridized carbons (Fsp3) is 0.200. The molecule has 0 saturated heterocycles. The van der Waals surface area contributed by atoms with Crippen LogP contribution in [0, 0.1) is 0 Å². The number of fused-ring (bicyclic) bond motifs is 3. The Bertz CT molecular complexity index is 1130. The van der Waals surface area contributed by atoms with Crippen molar-refractivity contribution in [3.05, 3.63) is 93.5 Å². The van der Waals surface area contributed by atoms with Gasteiger partial charge in [0, 0.05) is 29.4 Å². The van der Waals surface area contributed by atoms with Gasteiger partial charge in [-0.05, 0) is 46.0 Å². The largest absolute Gasteiger partial charge is 0.480 e. The van der Waals surface area contributed by atoms with Crippen molar-refractivity contribution in [1.82, 2.24) is 4.90 Å². The Morgan fingerprint density at radius 3 is 2.19 bits per heavy atom. The molecule has 0 aromatic heterocycles. The molecule has 1 atom stereocenters. The van der Waals surface area contributed by atoms with E-state index in [0.717, 1.165) is 27.2 Å². The first-order valence-electron chi connectivity index (χ1n) is 10.1. The molecule has 0 radical (unpaired) electrons. The predicted octanol–water partition coefficient (Wildman–Crippen LogP) is 5.87. The molecule has 1 amide bonds. The second-order valence-corrected chi connectivity index (χ2v) is 8.55. The third-order valence-corrected chi connectivity index (χ3v) is 6.40. The lowest BCUT2D eigenvalue weighted by atomic mass is 9.98. The summed E-state index contributed by atoms with van der Waals surface area (Å²) in [5.74, 6) is -1.26. The van der Waals surface area contributed by atoms with Crippen LogP contribution in [0.2, 0.25) is 10.0 Å². The molecule has 0 saturated carbocycles. The molecule has 3 aromatic carbocycles. The normalized spacial score (nSPS) is 13.2. The average molecular weight is 470 g/mol. The first-order valence-corrected chi connectivity index (χ1v) is 10.9. The lowest BCUT2D eigenvalue weighted by Gasteiger charge is -2.25. The van der Waals surface area contributed by atoms with E-state index in [-0.39, 0.29) is 18.9 Å². The van der Waals surface area contributed by atoms with E-state index >= 15 is 0 Å². The van der Waals surface area contributed by atoms with E-state index in [1.54, 1.807) is 18.2 Å². The van der Waals surface area contributed by atoms with Crippen molar-refractivity contribution in [3.63, 3.8) is 0 Å². The van der Waals surface area contributed by atoms with Gasteiger partial charge < -0.3 is 9.84 Å². The lowest BCUT2D eigenvalue weighted by molar-refractivity contribution is -0.142. The Kier molecular flexibility index (Phi) is 6.40. The zero-order valence-corrected chi connectivity index (χ0v) is 18.8. The summed E-state index contributed by atoms with van der Waals surface area (Å²) in [4.78, 5) is 25.8. The summed E-state index contributed by atoms with van der Waals surface area (Å²) in [6, 6.07) is 19.7. The van der Waals surface area contributed by atoms with Gasteiger partial charge in [-0.3, -0.25) is 4.90 Å². The number of carboxylic acid groups (broad SMARTS) is 1. The SMILES string of the molecule is CN(C(=O)OCC1c2ccccc2-c2ccccc21)[C@@H](Cc1cc(Cl)ccc1Cl)C(=O)O. The molecule has 0 unspecified atom stereocenters. The molecule has 4 rings (SSSR count). The number of halogens is 2. The average Bonchev–Trinajstić information content (AvgIpc) is 3.11. The van der Waals surface area contributed by atoms with Crippen LogP contribution in [0.3, 0.4) is 0 Å². The Morgan fingerprint density at radius 1 is 1.00 bits per heavy atom. The summed E-state index contributed by atoms with van der Waals surface area (Å²) < 4.78 is 5.59. The molecule has 0 fully saturated rings. The zero-order valence-electron chi connectivity index (χ0n) is 17.3. The van der Waals surface area contributed by atoms with Gasteiger partial charge in [0.2, 0.25) is 0 Å². The molecular formula is C25H21Cl2NO4. The number of hydrogen-bond donors (Lipinski definition) is 1. The van der Waals surface area contributed by atoms with Crippen LogP contribution < -0.4 is 0 Å². The molecule has 0 heterocycles. The molecular weight excluding hydrogens is 449 g/mol. The van der Waals surface area contributed by atoms with Gasteiger partial charge in [0.1, 0.15) is 12.6 Å². The molecule has 7 heteroatoms. The highest BCUT2D eigenvalue weighted by molar-refractivity contribution is 6.33. The first-order chi connectivity index (χ1) is 15.4. The van der Waals surface area contributed by atoms with Crippen molar-refractivity contribution in [2.24, 2.45) is 0 Å². The van der Waals surface area contributed by atoms with Crippen LogP contribution in [0.15, 0.2) is 66.7 Å². The number of nitrogens with zero attached hydrogens (tertiary/aromatic N) is 1. The third kappa shape index (κ3) is 4.31. The number of carboxylic acids is 1. The quantitative estimate of drug-likeness (QED) is 0.490. The van der Waals surface area contributed by atoms with E-state index in [9.17, 15) is 14.7 Å². The van der Waals surface area contributed by atoms with Crippen molar-refractivity contribution in [3.8, 4) is 11.1 Å². The highest BCUT2D eigenvalue weighted by atomic mass is 35.5. The molecule has 1 aliphatic rings. The van der Waals surface area contributed by atoms with Gasteiger partial charge in [-0.1, -0.05) is 71.7 Å². The number of aliphatic carboxylic acids is 1. The number of benzene rings is 3. The maximum absolute atomic E-state index is 12.8. The minimum atomic E-state index is -1.16. The van der Waals surface area contributed by atoms with Crippen LogP contribution in [-0.4, -0.2) is 41.8 Å². The van der Waals surface area contributed by atoms with Crippen LogP contribution in [-0.2, 0) is 16.0 Å². The maximum Gasteiger partial charge on any atom is 0.410 e. The van der Waals surface area contributed by atoms with Crippen LogP contribution in [0.1, 0.15) is 22.6 Å². The minimum Gasteiger partial charge on any atom is -0.480 e. The molecule has 0 spiro atoms. The summed E-state index contributed by atoms with van der Waals surface area (Å²) in [7, 11) is 1.41. The number of ether oxygens (including phenoxy) is 1. The number of amides is 1. The van der Waals surface area contributed by atoms with E-state index in [4.69, 9.17) is 27.9 Å². The van der Waals surface area contributed by atoms with E-state index < -0.39 is 18.1 Å². The number of carbonyl (C=O) groups excluding carboxylic acids is 1. The molecule has 1 N–H and O–H groups in total.